The van der Waals surface area contributed by atoms with Crippen molar-refractivity contribution in [1.29, 1.82) is 0 Å². The first-order chi connectivity index (χ1) is 10.8. The van der Waals surface area contributed by atoms with Crippen molar-refractivity contribution in [2.75, 3.05) is 32.8 Å². The van der Waals surface area contributed by atoms with E-state index in [1.807, 2.05) is 0 Å². The molecule has 3 fully saturated rings. The quantitative estimate of drug-likeness (QED) is 0.820. The van der Waals surface area contributed by atoms with Crippen LogP contribution >= 0.6 is 0 Å². The predicted molar refractivity (Wildman–Crippen MR) is 87.7 cm³/mol. The Bertz CT molecular complexity index is 341. The molecule has 2 heterocycles. The van der Waals surface area contributed by atoms with Gasteiger partial charge in [0, 0.05) is 26.1 Å². The lowest BCUT2D eigenvalue weighted by Gasteiger charge is -2.32. The maximum absolute atomic E-state index is 12.3. The summed E-state index contributed by atoms with van der Waals surface area (Å²) < 4.78 is 6.09. The number of rotatable bonds is 6. The number of amides is 1. The van der Waals surface area contributed by atoms with Crippen molar-refractivity contribution in [3.8, 4) is 0 Å². The zero-order chi connectivity index (χ0) is 15.2. The van der Waals surface area contributed by atoms with Gasteiger partial charge in [0.05, 0.1) is 6.10 Å². The van der Waals surface area contributed by atoms with Crippen LogP contribution in [0.5, 0.6) is 0 Å². The van der Waals surface area contributed by atoms with Gasteiger partial charge in [-0.2, -0.15) is 0 Å². The fourth-order valence-corrected chi connectivity index (χ4v) is 4.17. The highest BCUT2D eigenvalue weighted by Gasteiger charge is 2.25. The minimum atomic E-state index is 0.362. The summed E-state index contributed by atoms with van der Waals surface area (Å²) in [5, 5.41) is 3.38. The lowest BCUT2D eigenvalue weighted by atomic mass is 10.0. The van der Waals surface area contributed by atoms with E-state index in [9.17, 15) is 4.79 Å². The van der Waals surface area contributed by atoms with Gasteiger partial charge in [-0.15, -0.1) is 0 Å². The number of carbonyl (C=O) groups is 1. The highest BCUT2D eigenvalue weighted by Crippen LogP contribution is 2.26. The Hall–Kier alpha value is -0.610. The highest BCUT2D eigenvalue weighted by atomic mass is 16.5. The van der Waals surface area contributed by atoms with Crippen molar-refractivity contribution < 1.29 is 9.53 Å². The van der Waals surface area contributed by atoms with E-state index in [2.05, 4.69) is 10.2 Å². The predicted octanol–water partition coefficient (Wildman–Crippen LogP) is 2.57. The summed E-state index contributed by atoms with van der Waals surface area (Å²) in [5.41, 5.74) is 0. The number of nitrogens with zero attached hydrogens (tertiary/aromatic N) is 1. The van der Waals surface area contributed by atoms with Crippen molar-refractivity contribution in [2.45, 2.75) is 63.9 Å². The molecule has 1 saturated carbocycles. The minimum absolute atomic E-state index is 0.362. The van der Waals surface area contributed by atoms with Crippen LogP contribution < -0.4 is 5.32 Å². The van der Waals surface area contributed by atoms with Gasteiger partial charge in [0.15, 0.2) is 0 Å². The molecule has 0 aromatic rings. The summed E-state index contributed by atoms with van der Waals surface area (Å²) >= 11 is 0. The topological polar surface area (TPSA) is 41.6 Å². The smallest absolute Gasteiger partial charge is 0.222 e. The molecule has 22 heavy (non-hydrogen) atoms. The first-order valence-corrected chi connectivity index (χ1v) is 9.41. The number of hydrogen-bond acceptors (Lipinski definition) is 3. The summed E-state index contributed by atoms with van der Waals surface area (Å²) in [6.45, 7) is 4.98. The summed E-state index contributed by atoms with van der Waals surface area (Å²) in [4.78, 5) is 14.4. The molecule has 4 nitrogen and oxygen atoms in total. The molecule has 1 N–H and O–H groups in total. The Morgan fingerprint density at radius 3 is 2.50 bits per heavy atom. The molecule has 1 unspecified atom stereocenters. The van der Waals surface area contributed by atoms with Gasteiger partial charge in [0.25, 0.3) is 0 Å². The van der Waals surface area contributed by atoms with Crippen molar-refractivity contribution in [2.24, 2.45) is 11.8 Å². The van der Waals surface area contributed by atoms with E-state index in [1.54, 1.807) is 0 Å². The molecule has 2 aliphatic heterocycles. The first-order valence-electron chi connectivity index (χ1n) is 9.41. The van der Waals surface area contributed by atoms with Crippen LogP contribution in [0.4, 0.5) is 0 Å². The monoisotopic (exact) mass is 308 g/mol. The van der Waals surface area contributed by atoms with Crippen molar-refractivity contribution in [3.63, 3.8) is 0 Å². The van der Waals surface area contributed by atoms with E-state index < -0.39 is 0 Å². The van der Waals surface area contributed by atoms with E-state index in [0.29, 0.717) is 12.0 Å². The van der Waals surface area contributed by atoms with E-state index in [-0.39, 0.29) is 0 Å². The van der Waals surface area contributed by atoms with E-state index in [4.69, 9.17) is 4.74 Å². The molecular formula is C18H32N2O2. The normalized spacial score (nSPS) is 27.6. The van der Waals surface area contributed by atoms with Gasteiger partial charge in [0.2, 0.25) is 5.91 Å². The molecule has 0 aromatic heterocycles. The molecule has 0 aromatic carbocycles. The maximum atomic E-state index is 12.3. The van der Waals surface area contributed by atoms with E-state index >= 15 is 0 Å². The Labute approximate surface area is 135 Å². The lowest BCUT2D eigenvalue weighted by molar-refractivity contribution is -0.134. The molecule has 3 rings (SSSR count). The molecule has 1 aliphatic carbocycles. The third kappa shape index (κ3) is 4.69. The molecule has 0 bridgehead atoms. The van der Waals surface area contributed by atoms with Crippen molar-refractivity contribution in [3.05, 3.63) is 0 Å². The molecule has 3 aliphatic rings. The molecular weight excluding hydrogens is 276 g/mol. The number of ether oxygens (including phenoxy) is 1. The molecule has 1 atom stereocenters. The number of hydrogen-bond donors (Lipinski definition) is 1. The lowest BCUT2D eigenvalue weighted by Crippen LogP contribution is -2.41. The molecule has 126 valence electrons. The van der Waals surface area contributed by atoms with E-state index in [1.165, 1.54) is 32.1 Å². The Morgan fingerprint density at radius 2 is 1.82 bits per heavy atom. The minimum Gasteiger partial charge on any atom is -0.378 e. The van der Waals surface area contributed by atoms with Crippen molar-refractivity contribution in [1.82, 2.24) is 10.2 Å². The van der Waals surface area contributed by atoms with Crippen LogP contribution in [-0.2, 0) is 9.53 Å². The molecule has 4 heteroatoms. The van der Waals surface area contributed by atoms with Gasteiger partial charge < -0.3 is 15.0 Å². The molecule has 0 spiro atoms. The van der Waals surface area contributed by atoms with Crippen molar-refractivity contribution >= 4 is 5.91 Å². The first kappa shape index (κ1) is 16.3. The summed E-state index contributed by atoms with van der Waals surface area (Å²) in [6.07, 6.45) is 11.0. The summed E-state index contributed by atoms with van der Waals surface area (Å²) in [5.74, 6) is 1.89. The zero-order valence-electron chi connectivity index (χ0n) is 13.9. The van der Waals surface area contributed by atoms with Gasteiger partial charge in [-0.05, 0) is 63.5 Å². The van der Waals surface area contributed by atoms with Gasteiger partial charge in [-0.25, -0.2) is 0 Å². The number of carbonyl (C=O) groups excluding carboxylic acids is 1. The Kier molecular flexibility index (Phi) is 6.13. The zero-order valence-corrected chi connectivity index (χ0v) is 13.9. The molecule has 1 amide bonds. The summed E-state index contributed by atoms with van der Waals surface area (Å²) in [7, 11) is 0. The van der Waals surface area contributed by atoms with Crippen LogP contribution in [0, 0.1) is 11.8 Å². The third-order valence-corrected chi connectivity index (χ3v) is 5.77. The van der Waals surface area contributed by atoms with Gasteiger partial charge >= 0.3 is 0 Å². The fourth-order valence-electron chi connectivity index (χ4n) is 4.17. The van der Waals surface area contributed by atoms with Crippen LogP contribution in [0.15, 0.2) is 0 Å². The average molecular weight is 308 g/mol. The summed E-state index contributed by atoms with van der Waals surface area (Å²) in [6, 6.07) is 0. The third-order valence-electron chi connectivity index (χ3n) is 5.77. The van der Waals surface area contributed by atoms with Gasteiger partial charge in [0.1, 0.15) is 0 Å². The standard InChI is InChI=1S/C18H32N2O2/c21-18(6-5-15-7-10-19-13-15)20-11-8-17(9-12-20)22-14-16-3-1-2-4-16/h15-17,19H,1-14H2. The molecule has 0 radical (unpaired) electrons. The Morgan fingerprint density at radius 1 is 1.05 bits per heavy atom. The van der Waals surface area contributed by atoms with Crippen LogP contribution in [-0.4, -0.2) is 49.7 Å². The Balaban J connectivity index is 1.29. The second kappa shape index (κ2) is 8.30. The van der Waals surface area contributed by atoms with E-state index in [0.717, 1.165) is 70.3 Å². The largest absolute Gasteiger partial charge is 0.378 e. The second-order valence-electron chi connectivity index (χ2n) is 7.46. The fraction of sp³-hybridized carbons (Fsp3) is 0.944. The number of likely N-dealkylation sites (tertiary alicyclic amines) is 1. The SMILES string of the molecule is O=C(CCC1CCNC1)N1CCC(OCC2CCCC2)CC1. The van der Waals surface area contributed by atoms with Crippen LogP contribution in [0.1, 0.15) is 57.8 Å². The number of piperidine rings is 1. The van der Waals surface area contributed by atoms with Crippen LogP contribution in [0.2, 0.25) is 0 Å². The molecule has 2 saturated heterocycles. The van der Waals surface area contributed by atoms with Crippen LogP contribution in [0.25, 0.3) is 0 Å². The number of nitrogens with one attached hydrogen (secondary N) is 1. The maximum Gasteiger partial charge on any atom is 0.222 e. The second-order valence-corrected chi connectivity index (χ2v) is 7.46. The average Bonchev–Trinajstić information content (AvgIpc) is 3.24. The van der Waals surface area contributed by atoms with Gasteiger partial charge in [-0.1, -0.05) is 12.8 Å². The van der Waals surface area contributed by atoms with Crippen LogP contribution in [0.3, 0.4) is 0 Å². The van der Waals surface area contributed by atoms with Gasteiger partial charge in [-0.3, -0.25) is 4.79 Å². The highest BCUT2D eigenvalue weighted by molar-refractivity contribution is 5.76.